The number of aliphatic hydroxyl groups is 4. The molecule has 4 N–H and O–H groups in total. The van der Waals surface area contributed by atoms with Crippen LogP contribution in [0.3, 0.4) is 0 Å². The normalized spacial score (nSPS) is 29.0. The van der Waals surface area contributed by atoms with Gasteiger partial charge in [0.25, 0.3) is 0 Å². The van der Waals surface area contributed by atoms with Crippen molar-refractivity contribution in [2.75, 3.05) is 34.5 Å². The first kappa shape index (κ1) is 27.9. The Labute approximate surface area is 220 Å². The number of hydrogen-bond donors (Lipinski definition) is 4. The average Bonchev–Trinajstić information content (AvgIpc) is 3.27. The Hall–Kier alpha value is -3.09. The molecule has 2 aromatic rings. The van der Waals surface area contributed by atoms with Crippen molar-refractivity contribution in [2.24, 2.45) is 11.8 Å². The van der Waals surface area contributed by atoms with E-state index in [-0.39, 0.29) is 23.6 Å². The summed E-state index contributed by atoms with van der Waals surface area (Å²) in [6.07, 6.45) is -6.02. The van der Waals surface area contributed by atoms with E-state index in [1.54, 1.807) is 32.4 Å². The average molecular weight is 535 g/mol. The van der Waals surface area contributed by atoms with E-state index < -0.39 is 37.3 Å². The maximum absolute atomic E-state index is 12.6. The molecule has 0 saturated carbocycles. The van der Waals surface area contributed by atoms with Crippen LogP contribution in [0.15, 0.2) is 36.4 Å². The van der Waals surface area contributed by atoms with E-state index >= 15 is 0 Å². The molecule has 0 aliphatic carbocycles. The Morgan fingerprint density at radius 3 is 2.05 bits per heavy atom. The maximum Gasteiger partial charge on any atom is 0.309 e. The van der Waals surface area contributed by atoms with Crippen LogP contribution in [0.1, 0.15) is 11.1 Å². The number of ether oxygens (including phenoxy) is 6. The molecule has 2 aliphatic heterocycles. The second kappa shape index (κ2) is 12.2. The van der Waals surface area contributed by atoms with Crippen LogP contribution in [-0.4, -0.2) is 91.6 Å². The second-order valence-corrected chi connectivity index (χ2v) is 9.39. The van der Waals surface area contributed by atoms with E-state index in [4.69, 9.17) is 28.4 Å². The van der Waals surface area contributed by atoms with E-state index in [9.17, 15) is 25.2 Å². The van der Waals surface area contributed by atoms with Crippen LogP contribution in [0.2, 0.25) is 0 Å². The minimum atomic E-state index is -1.56. The summed E-state index contributed by atoms with van der Waals surface area (Å²) in [4.78, 5) is 12.6. The van der Waals surface area contributed by atoms with Crippen LogP contribution in [0.5, 0.6) is 23.0 Å². The molecule has 0 aromatic heterocycles. The van der Waals surface area contributed by atoms with Gasteiger partial charge in [-0.1, -0.05) is 12.1 Å². The third kappa shape index (κ3) is 5.82. The van der Waals surface area contributed by atoms with E-state index in [0.717, 1.165) is 11.1 Å². The standard InChI is InChI=1S/C27H34O11/c1-33-18-6-4-14(10-20(18)34-2)8-16-13-36-26(32)17(16)9-15-5-7-19(21(11-15)35-3)37-27-25(31)24(30)23(29)22(12-28)38-27/h4-7,10-11,16-17,22-25,27-31H,8-9,12-13H2,1-3H3/t16-,17+,22-,23-,24+,25-,27+/m0/s1. The van der Waals surface area contributed by atoms with Crippen molar-refractivity contribution >= 4 is 5.97 Å². The summed E-state index contributed by atoms with van der Waals surface area (Å²) in [5.74, 6) is 1.10. The lowest BCUT2D eigenvalue weighted by Gasteiger charge is -2.39. The Morgan fingerprint density at radius 2 is 1.42 bits per heavy atom. The van der Waals surface area contributed by atoms with Gasteiger partial charge in [0.1, 0.15) is 24.4 Å². The number of aliphatic hydroxyl groups excluding tert-OH is 4. The number of carbonyl (C=O) groups is 1. The molecule has 2 saturated heterocycles. The van der Waals surface area contributed by atoms with Crippen LogP contribution in [0, 0.1) is 11.8 Å². The highest BCUT2D eigenvalue weighted by Crippen LogP contribution is 2.36. The summed E-state index contributed by atoms with van der Waals surface area (Å²) in [6.45, 7) is -0.254. The topological polar surface area (TPSA) is 153 Å². The molecule has 11 heteroatoms. The first-order valence-electron chi connectivity index (χ1n) is 12.3. The molecule has 2 fully saturated rings. The van der Waals surface area contributed by atoms with Gasteiger partial charge in [-0.05, 0) is 48.2 Å². The zero-order chi connectivity index (χ0) is 27.4. The molecule has 0 unspecified atom stereocenters. The lowest BCUT2D eigenvalue weighted by Crippen LogP contribution is -2.60. The fraction of sp³-hybridized carbons (Fsp3) is 0.519. The zero-order valence-electron chi connectivity index (χ0n) is 21.5. The molecular weight excluding hydrogens is 500 g/mol. The highest BCUT2D eigenvalue weighted by atomic mass is 16.7. The molecule has 2 aromatic carbocycles. The van der Waals surface area contributed by atoms with E-state index in [0.29, 0.717) is 36.7 Å². The second-order valence-electron chi connectivity index (χ2n) is 9.39. The largest absolute Gasteiger partial charge is 0.493 e. The minimum Gasteiger partial charge on any atom is -0.493 e. The van der Waals surface area contributed by atoms with Crippen molar-refractivity contribution < 1.29 is 53.6 Å². The third-order valence-electron chi connectivity index (χ3n) is 7.03. The van der Waals surface area contributed by atoms with Crippen LogP contribution in [0.4, 0.5) is 0 Å². The van der Waals surface area contributed by atoms with Crippen molar-refractivity contribution in [3.05, 3.63) is 47.5 Å². The highest BCUT2D eigenvalue weighted by molar-refractivity contribution is 5.75. The van der Waals surface area contributed by atoms with Gasteiger partial charge in [0.2, 0.25) is 6.29 Å². The van der Waals surface area contributed by atoms with Crippen molar-refractivity contribution in [2.45, 2.75) is 43.5 Å². The van der Waals surface area contributed by atoms with Crippen LogP contribution in [-0.2, 0) is 27.1 Å². The van der Waals surface area contributed by atoms with Gasteiger partial charge in [-0.2, -0.15) is 0 Å². The maximum atomic E-state index is 12.6. The molecule has 0 radical (unpaired) electrons. The highest BCUT2D eigenvalue weighted by Gasteiger charge is 2.45. The van der Waals surface area contributed by atoms with Crippen LogP contribution < -0.4 is 18.9 Å². The molecule has 4 rings (SSSR count). The van der Waals surface area contributed by atoms with Gasteiger partial charge >= 0.3 is 5.97 Å². The van der Waals surface area contributed by atoms with Gasteiger partial charge in [0, 0.05) is 5.92 Å². The lowest BCUT2D eigenvalue weighted by molar-refractivity contribution is -0.277. The van der Waals surface area contributed by atoms with Gasteiger partial charge in [-0.25, -0.2) is 0 Å². The minimum absolute atomic E-state index is 0.0448. The molecule has 2 heterocycles. The number of cyclic esters (lactones) is 1. The Balaban J connectivity index is 1.47. The molecule has 11 nitrogen and oxygen atoms in total. The molecule has 2 aliphatic rings. The van der Waals surface area contributed by atoms with Crippen molar-refractivity contribution in [1.29, 1.82) is 0 Å². The molecule has 7 atom stereocenters. The molecule has 0 spiro atoms. The SMILES string of the molecule is COc1ccc(C[C@H]2COC(=O)[C@@H]2Cc2ccc(O[C@@H]3O[C@@H](CO)[C@H](O)[C@@H](O)[C@@H]3O)c(OC)c2)cc1OC. The molecule has 208 valence electrons. The Morgan fingerprint density at radius 1 is 0.816 bits per heavy atom. The van der Waals surface area contributed by atoms with E-state index in [1.165, 1.54) is 7.11 Å². The lowest BCUT2D eigenvalue weighted by atomic mass is 9.85. The van der Waals surface area contributed by atoms with Crippen molar-refractivity contribution in [3.8, 4) is 23.0 Å². The third-order valence-corrected chi connectivity index (χ3v) is 7.03. The molecule has 0 amide bonds. The van der Waals surface area contributed by atoms with E-state index in [2.05, 4.69) is 0 Å². The quantitative estimate of drug-likeness (QED) is 0.315. The fourth-order valence-corrected chi connectivity index (χ4v) is 4.85. The van der Waals surface area contributed by atoms with E-state index in [1.807, 2.05) is 18.2 Å². The summed E-state index contributed by atoms with van der Waals surface area (Å²) >= 11 is 0. The van der Waals surface area contributed by atoms with Crippen molar-refractivity contribution in [3.63, 3.8) is 0 Å². The van der Waals surface area contributed by atoms with Crippen LogP contribution in [0.25, 0.3) is 0 Å². The number of benzene rings is 2. The first-order chi connectivity index (χ1) is 18.3. The summed E-state index contributed by atoms with van der Waals surface area (Å²) in [5.41, 5.74) is 1.81. The number of rotatable bonds is 10. The molecular formula is C27H34O11. The first-order valence-corrected chi connectivity index (χ1v) is 12.3. The van der Waals surface area contributed by atoms with Gasteiger partial charge in [0.15, 0.2) is 23.0 Å². The van der Waals surface area contributed by atoms with Crippen LogP contribution >= 0.6 is 0 Å². The number of esters is 1. The summed E-state index contributed by atoms with van der Waals surface area (Å²) < 4.78 is 32.7. The van der Waals surface area contributed by atoms with Gasteiger partial charge < -0.3 is 48.8 Å². The number of hydrogen-bond acceptors (Lipinski definition) is 11. The smallest absolute Gasteiger partial charge is 0.309 e. The van der Waals surface area contributed by atoms with Gasteiger partial charge in [-0.15, -0.1) is 0 Å². The molecule has 0 bridgehead atoms. The summed E-state index contributed by atoms with van der Waals surface area (Å²) in [6, 6.07) is 10.8. The van der Waals surface area contributed by atoms with Crippen molar-refractivity contribution in [1.82, 2.24) is 0 Å². The molecule has 38 heavy (non-hydrogen) atoms. The zero-order valence-corrected chi connectivity index (χ0v) is 21.5. The summed E-state index contributed by atoms with van der Waals surface area (Å²) in [7, 11) is 4.60. The number of methoxy groups -OCH3 is 3. The monoisotopic (exact) mass is 534 g/mol. The predicted octanol–water partition coefficient (Wildman–Crippen LogP) is 0.466. The number of carbonyl (C=O) groups excluding carboxylic acids is 1. The Bertz CT molecular complexity index is 1100. The Kier molecular flexibility index (Phi) is 8.95. The summed E-state index contributed by atoms with van der Waals surface area (Å²) in [5, 5.41) is 39.7. The van der Waals surface area contributed by atoms with Gasteiger partial charge in [0.05, 0.1) is 40.5 Å². The predicted molar refractivity (Wildman–Crippen MR) is 132 cm³/mol. The van der Waals surface area contributed by atoms with Gasteiger partial charge in [-0.3, -0.25) is 4.79 Å². The fourth-order valence-electron chi connectivity index (χ4n) is 4.85.